The van der Waals surface area contributed by atoms with E-state index in [0.29, 0.717) is 3.57 Å². The van der Waals surface area contributed by atoms with E-state index in [0.717, 1.165) is 10.7 Å². The maximum Gasteiger partial charge on any atom is 0.268 e. The number of rotatable bonds is 3. The summed E-state index contributed by atoms with van der Waals surface area (Å²) in [4.78, 5) is 22.7. The molecule has 2 N–H and O–H groups in total. The van der Waals surface area contributed by atoms with Gasteiger partial charge in [-0.2, -0.15) is 5.10 Å². The Morgan fingerprint density at radius 2 is 2.16 bits per heavy atom. The average molecular weight is 373 g/mol. The van der Waals surface area contributed by atoms with E-state index in [1.165, 1.54) is 24.4 Å². The molecule has 0 unspecified atom stereocenters. The van der Waals surface area contributed by atoms with Crippen LogP contribution in [0.25, 0.3) is 0 Å². The summed E-state index contributed by atoms with van der Waals surface area (Å²) >= 11 is 1.96. The van der Waals surface area contributed by atoms with Crippen LogP contribution >= 0.6 is 22.6 Å². The second kappa shape index (κ2) is 5.47. The molecule has 1 aromatic carbocycles. The van der Waals surface area contributed by atoms with Crippen molar-refractivity contribution in [2.45, 2.75) is 6.54 Å². The van der Waals surface area contributed by atoms with Crippen LogP contribution in [0.3, 0.4) is 0 Å². The van der Waals surface area contributed by atoms with Crippen molar-refractivity contribution in [3.05, 3.63) is 61.3 Å². The first-order valence-electron chi connectivity index (χ1n) is 5.28. The van der Waals surface area contributed by atoms with Gasteiger partial charge in [-0.15, -0.1) is 0 Å². The van der Waals surface area contributed by atoms with E-state index in [4.69, 9.17) is 5.73 Å². The van der Waals surface area contributed by atoms with Crippen LogP contribution < -0.4 is 11.3 Å². The molecule has 2 rings (SSSR count). The number of carbonyl (C=O) groups is 1. The van der Waals surface area contributed by atoms with Crippen LogP contribution in [-0.4, -0.2) is 15.7 Å². The summed E-state index contributed by atoms with van der Waals surface area (Å²) in [6, 6.07) is 5.16. The fourth-order valence-electron chi connectivity index (χ4n) is 1.54. The maximum absolute atomic E-state index is 13.6. The standard InChI is InChI=1S/C12H9FIN3O2/c13-10-2-1-7(12(15)19)3-8(10)6-17-11(18)4-9(14)5-16-17/h1-5H,6H2,(H2,15,19). The first kappa shape index (κ1) is 13.7. The minimum absolute atomic E-state index is 0.0529. The van der Waals surface area contributed by atoms with E-state index in [1.54, 1.807) is 0 Å². The number of carbonyl (C=O) groups excluding carboxylic acids is 1. The smallest absolute Gasteiger partial charge is 0.268 e. The molecule has 0 atom stereocenters. The zero-order valence-electron chi connectivity index (χ0n) is 9.64. The molecule has 1 amide bonds. The van der Waals surface area contributed by atoms with Crippen LogP contribution in [0.5, 0.6) is 0 Å². The van der Waals surface area contributed by atoms with Gasteiger partial charge in [-0.3, -0.25) is 9.59 Å². The summed E-state index contributed by atoms with van der Waals surface area (Å²) in [6.45, 7) is -0.0529. The Labute approximate surface area is 121 Å². The third-order valence-electron chi connectivity index (χ3n) is 2.49. The fourth-order valence-corrected chi connectivity index (χ4v) is 1.93. The molecule has 1 heterocycles. The van der Waals surface area contributed by atoms with Gasteiger partial charge in [-0.25, -0.2) is 9.07 Å². The summed E-state index contributed by atoms with van der Waals surface area (Å²) in [7, 11) is 0. The number of nitrogens with two attached hydrogens (primary N) is 1. The van der Waals surface area contributed by atoms with Crippen molar-refractivity contribution >= 4 is 28.5 Å². The van der Waals surface area contributed by atoms with Crippen molar-refractivity contribution in [3.8, 4) is 0 Å². The summed E-state index contributed by atoms with van der Waals surface area (Å²) in [5, 5.41) is 3.90. The van der Waals surface area contributed by atoms with Gasteiger partial charge in [0, 0.05) is 20.8 Å². The highest BCUT2D eigenvalue weighted by atomic mass is 127. The van der Waals surface area contributed by atoms with Gasteiger partial charge in [-0.05, 0) is 40.8 Å². The molecular weight excluding hydrogens is 364 g/mol. The molecule has 98 valence electrons. The Kier molecular flexibility index (Phi) is 3.93. The number of primary amides is 1. The minimum Gasteiger partial charge on any atom is -0.366 e. The number of benzene rings is 1. The molecule has 0 aliphatic heterocycles. The van der Waals surface area contributed by atoms with E-state index in [-0.39, 0.29) is 23.2 Å². The summed E-state index contributed by atoms with van der Waals surface area (Å²) < 4.78 is 15.4. The topological polar surface area (TPSA) is 78.0 Å². The molecule has 0 aliphatic rings. The Bertz CT molecular complexity index is 700. The average Bonchev–Trinajstić information content (AvgIpc) is 2.34. The van der Waals surface area contributed by atoms with Crippen LogP contribution in [0.1, 0.15) is 15.9 Å². The fraction of sp³-hybridized carbons (Fsp3) is 0.0833. The summed E-state index contributed by atoms with van der Waals surface area (Å²) in [6.07, 6.45) is 1.50. The molecule has 0 bridgehead atoms. The normalized spacial score (nSPS) is 10.4. The lowest BCUT2D eigenvalue weighted by atomic mass is 10.1. The van der Waals surface area contributed by atoms with Gasteiger partial charge in [0.15, 0.2) is 0 Å². The van der Waals surface area contributed by atoms with Gasteiger partial charge >= 0.3 is 0 Å². The van der Waals surface area contributed by atoms with Gasteiger partial charge < -0.3 is 5.73 Å². The summed E-state index contributed by atoms with van der Waals surface area (Å²) in [5.41, 5.74) is 5.17. The quantitative estimate of drug-likeness (QED) is 0.820. The lowest BCUT2D eigenvalue weighted by Gasteiger charge is -2.07. The van der Waals surface area contributed by atoms with Crippen molar-refractivity contribution in [1.82, 2.24) is 9.78 Å². The van der Waals surface area contributed by atoms with Gasteiger partial charge in [0.1, 0.15) is 5.82 Å². The molecule has 0 radical (unpaired) electrons. The SMILES string of the molecule is NC(=O)c1ccc(F)c(Cn2ncc(I)cc2=O)c1. The summed E-state index contributed by atoms with van der Waals surface area (Å²) in [5.74, 6) is -1.17. The third kappa shape index (κ3) is 3.16. The van der Waals surface area contributed by atoms with E-state index in [9.17, 15) is 14.0 Å². The van der Waals surface area contributed by atoms with E-state index >= 15 is 0 Å². The monoisotopic (exact) mass is 373 g/mol. The Hall–Kier alpha value is -1.77. The molecule has 7 heteroatoms. The second-order valence-electron chi connectivity index (χ2n) is 3.84. The molecular formula is C12H9FIN3O2. The van der Waals surface area contributed by atoms with Gasteiger partial charge in [-0.1, -0.05) is 0 Å². The predicted octanol–water partition coefficient (Wildman–Crippen LogP) is 1.13. The highest BCUT2D eigenvalue weighted by Gasteiger charge is 2.09. The Balaban J connectivity index is 2.40. The predicted molar refractivity (Wildman–Crippen MR) is 75.2 cm³/mol. The number of amides is 1. The van der Waals surface area contributed by atoms with Crippen LogP contribution in [0, 0.1) is 9.39 Å². The number of hydrogen-bond donors (Lipinski definition) is 1. The maximum atomic E-state index is 13.6. The molecule has 0 fully saturated rings. The highest BCUT2D eigenvalue weighted by molar-refractivity contribution is 14.1. The van der Waals surface area contributed by atoms with E-state index in [1.807, 2.05) is 22.6 Å². The van der Waals surface area contributed by atoms with Crippen molar-refractivity contribution in [2.75, 3.05) is 0 Å². The molecule has 0 spiro atoms. The van der Waals surface area contributed by atoms with Gasteiger partial charge in [0.2, 0.25) is 5.91 Å². The number of aromatic nitrogens is 2. The van der Waals surface area contributed by atoms with E-state index < -0.39 is 11.7 Å². The third-order valence-corrected chi connectivity index (χ3v) is 3.08. The number of halogens is 2. The number of hydrogen-bond acceptors (Lipinski definition) is 3. The minimum atomic E-state index is -0.649. The first-order valence-corrected chi connectivity index (χ1v) is 6.36. The Morgan fingerprint density at radius 3 is 2.79 bits per heavy atom. The van der Waals surface area contributed by atoms with Crippen molar-refractivity contribution in [2.24, 2.45) is 5.73 Å². The van der Waals surface area contributed by atoms with Crippen LogP contribution in [0.2, 0.25) is 0 Å². The van der Waals surface area contributed by atoms with Gasteiger partial charge in [0.05, 0.1) is 12.7 Å². The molecule has 0 saturated heterocycles. The highest BCUT2D eigenvalue weighted by Crippen LogP contribution is 2.11. The van der Waals surface area contributed by atoms with Crippen LogP contribution in [0.15, 0.2) is 35.3 Å². The second-order valence-corrected chi connectivity index (χ2v) is 5.09. The Morgan fingerprint density at radius 1 is 1.42 bits per heavy atom. The van der Waals surface area contributed by atoms with Crippen LogP contribution in [-0.2, 0) is 6.54 Å². The zero-order chi connectivity index (χ0) is 14.0. The molecule has 0 saturated carbocycles. The van der Waals surface area contributed by atoms with Crippen molar-refractivity contribution < 1.29 is 9.18 Å². The largest absolute Gasteiger partial charge is 0.366 e. The zero-order valence-corrected chi connectivity index (χ0v) is 11.8. The molecule has 1 aromatic heterocycles. The lowest BCUT2D eigenvalue weighted by Crippen LogP contribution is -2.23. The molecule has 19 heavy (non-hydrogen) atoms. The lowest BCUT2D eigenvalue weighted by molar-refractivity contribution is 0.1000. The number of nitrogens with zero attached hydrogens (tertiary/aromatic N) is 2. The first-order chi connectivity index (χ1) is 8.97. The van der Waals surface area contributed by atoms with Crippen molar-refractivity contribution in [3.63, 3.8) is 0 Å². The van der Waals surface area contributed by atoms with Gasteiger partial charge in [0.25, 0.3) is 5.56 Å². The molecule has 5 nitrogen and oxygen atoms in total. The molecule has 0 aliphatic carbocycles. The van der Waals surface area contributed by atoms with Crippen molar-refractivity contribution in [1.29, 1.82) is 0 Å². The molecule has 2 aromatic rings. The van der Waals surface area contributed by atoms with Crippen LogP contribution in [0.4, 0.5) is 4.39 Å². The van der Waals surface area contributed by atoms with E-state index in [2.05, 4.69) is 5.10 Å².